The van der Waals surface area contributed by atoms with Crippen LogP contribution in [0.4, 0.5) is 10.1 Å². The first-order valence-corrected chi connectivity index (χ1v) is 14.5. The fourth-order valence-corrected chi connectivity index (χ4v) is 7.25. The van der Waals surface area contributed by atoms with Gasteiger partial charge in [0.25, 0.3) is 0 Å². The Hall–Kier alpha value is -2.27. The number of anilines is 1. The first-order chi connectivity index (χ1) is 18.1. The quantitative estimate of drug-likeness (QED) is 0.179. The minimum Gasteiger partial charge on any atom is -0.395 e. The summed E-state index contributed by atoms with van der Waals surface area (Å²) in [6.07, 6.45) is 5.34. The molecule has 2 fully saturated rings. The molecule has 2 atom stereocenters. The Morgan fingerprint density at radius 1 is 1.21 bits per heavy atom. The number of hydrogen-bond donors (Lipinski definition) is 2. The second-order valence-corrected chi connectivity index (χ2v) is 13.0. The summed E-state index contributed by atoms with van der Waals surface area (Å²) in [5.41, 5.74) is 8.39. The van der Waals surface area contributed by atoms with Crippen LogP contribution in [0, 0.1) is 5.82 Å². The van der Waals surface area contributed by atoms with E-state index in [-0.39, 0.29) is 16.4 Å². The van der Waals surface area contributed by atoms with Gasteiger partial charge in [0.05, 0.1) is 35.8 Å². The number of ether oxygens (including phenoxy) is 2. The average molecular weight is 571 g/mol. The van der Waals surface area contributed by atoms with Crippen LogP contribution in [-0.4, -0.2) is 27.6 Å². The SMILES string of the molecule is CC1(C)OCC(C)(c2ccnc(-c3cccc4cc(C(NSC5CC5)c5c(Cl)ncc(N)c5F)sc34)c2)O1. The maximum absolute atomic E-state index is 15.3. The molecular formula is C28H28ClFN4O2S2. The molecule has 1 aliphatic heterocycles. The highest BCUT2D eigenvalue weighted by molar-refractivity contribution is 7.98. The summed E-state index contributed by atoms with van der Waals surface area (Å²) in [6.45, 7) is 6.34. The highest BCUT2D eigenvalue weighted by atomic mass is 35.5. The summed E-state index contributed by atoms with van der Waals surface area (Å²) in [7, 11) is 0. The zero-order valence-electron chi connectivity index (χ0n) is 21.3. The van der Waals surface area contributed by atoms with Crippen molar-refractivity contribution in [2.75, 3.05) is 12.3 Å². The largest absolute Gasteiger partial charge is 0.395 e. The van der Waals surface area contributed by atoms with E-state index in [0.29, 0.717) is 11.9 Å². The number of benzene rings is 1. The Morgan fingerprint density at radius 2 is 2.03 bits per heavy atom. The number of nitrogens with zero attached hydrogens (tertiary/aromatic N) is 2. The Morgan fingerprint density at radius 3 is 2.76 bits per heavy atom. The second-order valence-electron chi connectivity index (χ2n) is 10.4. The number of nitrogens with two attached hydrogens (primary N) is 1. The first kappa shape index (κ1) is 26.0. The summed E-state index contributed by atoms with van der Waals surface area (Å²) in [6, 6.07) is 11.7. The van der Waals surface area contributed by atoms with Gasteiger partial charge < -0.3 is 15.2 Å². The molecule has 3 aromatic heterocycles. The predicted octanol–water partition coefficient (Wildman–Crippen LogP) is 7.22. The molecule has 4 aromatic rings. The molecule has 1 aromatic carbocycles. The zero-order chi connectivity index (χ0) is 26.7. The maximum atomic E-state index is 15.3. The van der Waals surface area contributed by atoms with Gasteiger partial charge in [-0.1, -0.05) is 41.7 Å². The van der Waals surface area contributed by atoms with Gasteiger partial charge in [-0.3, -0.25) is 9.71 Å². The van der Waals surface area contributed by atoms with Crippen LogP contribution in [-0.2, 0) is 15.1 Å². The number of thiophene rings is 1. The van der Waals surface area contributed by atoms with E-state index in [4.69, 9.17) is 31.8 Å². The summed E-state index contributed by atoms with van der Waals surface area (Å²) in [5, 5.41) is 1.66. The fourth-order valence-electron chi connectivity index (χ4n) is 4.74. The van der Waals surface area contributed by atoms with Gasteiger partial charge >= 0.3 is 0 Å². The van der Waals surface area contributed by atoms with Gasteiger partial charge in [0, 0.05) is 26.6 Å². The smallest absolute Gasteiger partial charge is 0.164 e. The Balaban J connectivity index is 1.42. The van der Waals surface area contributed by atoms with Gasteiger partial charge in [-0.25, -0.2) is 9.37 Å². The number of nitrogens with one attached hydrogen (secondary N) is 1. The lowest BCUT2D eigenvalue weighted by Crippen LogP contribution is -2.28. The molecule has 38 heavy (non-hydrogen) atoms. The van der Waals surface area contributed by atoms with E-state index in [2.05, 4.69) is 34.0 Å². The second kappa shape index (κ2) is 9.73. The van der Waals surface area contributed by atoms with Crippen LogP contribution in [0.3, 0.4) is 0 Å². The summed E-state index contributed by atoms with van der Waals surface area (Å²) >= 11 is 9.63. The Kier molecular flexibility index (Phi) is 6.65. The number of halogens is 2. The molecule has 0 amide bonds. The minimum absolute atomic E-state index is 0.0229. The first-order valence-electron chi connectivity index (χ1n) is 12.5. The molecular weight excluding hydrogens is 543 g/mol. The normalized spacial score (nSPS) is 21.7. The van der Waals surface area contributed by atoms with Gasteiger partial charge in [0.15, 0.2) is 11.6 Å². The van der Waals surface area contributed by atoms with E-state index in [1.54, 1.807) is 23.3 Å². The highest BCUT2D eigenvalue weighted by Crippen LogP contribution is 2.44. The molecule has 198 valence electrons. The molecule has 10 heteroatoms. The molecule has 3 N–H and O–H groups in total. The van der Waals surface area contributed by atoms with Crippen LogP contribution in [0.25, 0.3) is 21.3 Å². The summed E-state index contributed by atoms with van der Waals surface area (Å²) < 4.78 is 31.9. The standard InChI is InChI=1S/C28H28ClFN4O2S2/c1-27(2)35-14-28(3,36-27)16-9-10-32-20(12-16)18-6-4-5-15-11-21(37-25(15)18)24(34-38-17-7-8-17)22-23(30)19(31)13-33-26(22)29/h4-6,9-13,17,24,34H,7-8,14,31H2,1-3H3. The fraction of sp³-hybridized carbons (Fsp3) is 0.357. The molecule has 0 bridgehead atoms. The lowest BCUT2D eigenvalue weighted by Gasteiger charge is -2.25. The number of aromatic nitrogens is 2. The van der Waals surface area contributed by atoms with E-state index in [1.165, 1.54) is 6.20 Å². The van der Waals surface area contributed by atoms with Crippen LogP contribution in [0.1, 0.15) is 55.7 Å². The van der Waals surface area contributed by atoms with E-state index in [1.807, 2.05) is 39.1 Å². The van der Waals surface area contributed by atoms with Crippen molar-refractivity contribution in [3.05, 3.63) is 75.8 Å². The molecule has 2 aliphatic rings. The van der Waals surface area contributed by atoms with Gasteiger partial charge in [-0.15, -0.1) is 11.3 Å². The van der Waals surface area contributed by atoms with Crippen molar-refractivity contribution in [2.24, 2.45) is 0 Å². The zero-order valence-corrected chi connectivity index (χ0v) is 23.6. The van der Waals surface area contributed by atoms with Crippen molar-refractivity contribution in [1.29, 1.82) is 0 Å². The van der Waals surface area contributed by atoms with Crippen molar-refractivity contribution in [3.8, 4) is 11.3 Å². The molecule has 0 spiro atoms. The number of hydrogen-bond acceptors (Lipinski definition) is 8. The van der Waals surface area contributed by atoms with Crippen LogP contribution < -0.4 is 10.5 Å². The molecule has 6 nitrogen and oxygen atoms in total. The van der Waals surface area contributed by atoms with Crippen molar-refractivity contribution in [1.82, 2.24) is 14.7 Å². The molecule has 1 saturated heterocycles. The lowest BCUT2D eigenvalue weighted by atomic mass is 9.96. The predicted molar refractivity (Wildman–Crippen MR) is 153 cm³/mol. The van der Waals surface area contributed by atoms with Crippen LogP contribution in [0.15, 0.2) is 48.8 Å². The van der Waals surface area contributed by atoms with Crippen LogP contribution in [0.5, 0.6) is 0 Å². The summed E-state index contributed by atoms with van der Waals surface area (Å²) in [5.74, 6) is -1.19. The van der Waals surface area contributed by atoms with E-state index < -0.39 is 23.2 Å². The third kappa shape index (κ3) is 4.92. The Bertz CT molecular complexity index is 1530. The minimum atomic E-state index is -0.645. The molecule has 0 radical (unpaired) electrons. The lowest BCUT2D eigenvalue weighted by molar-refractivity contribution is -0.159. The average Bonchev–Trinajstić information content (AvgIpc) is 3.54. The van der Waals surface area contributed by atoms with Gasteiger partial charge in [-0.2, -0.15) is 0 Å². The third-order valence-corrected chi connectivity index (χ3v) is 9.58. The maximum Gasteiger partial charge on any atom is 0.164 e. The molecule has 6 rings (SSSR count). The van der Waals surface area contributed by atoms with E-state index in [9.17, 15) is 0 Å². The number of rotatable bonds is 7. The van der Waals surface area contributed by atoms with E-state index >= 15 is 4.39 Å². The van der Waals surface area contributed by atoms with Crippen LogP contribution >= 0.6 is 34.9 Å². The number of pyridine rings is 2. The number of nitrogen functional groups attached to an aromatic ring is 1. The molecule has 1 saturated carbocycles. The van der Waals surface area contributed by atoms with Gasteiger partial charge in [-0.05, 0) is 62.8 Å². The third-order valence-electron chi connectivity index (χ3n) is 6.86. The Labute approximate surface area is 234 Å². The monoisotopic (exact) mass is 570 g/mol. The molecule has 2 unspecified atom stereocenters. The topological polar surface area (TPSA) is 82.3 Å². The van der Waals surface area contributed by atoms with Crippen molar-refractivity contribution in [3.63, 3.8) is 0 Å². The van der Waals surface area contributed by atoms with Gasteiger partial charge in [0.2, 0.25) is 0 Å². The van der Waals surface area contributed by atoms with Crippen LogP contribution in [0.2, 0.25) is 5.15 Å². The highest BCUT2D eigenvalue weighted by Gasteiger charge is 2.43. The van der Waals surface area contributed by atoms with Crippen molar-refractivity contribution in [2.45, 2.75) is 56.3 Å². The molecule has 1 aliphatic carbocycles. The summed E-state index contributed by atoms with van der Waals surface area (Å²) in [4.78, 5) is 9.76. The van der Waals surface area contributed by atoms with Crippen molar-refractivity contribution < 1.29 is 13.9 Å². The van der Waals surface area contributed by atoms with Gasteiger partial charge in [0.1, 0.15) is 10.8 Å². The molecule has 4 heterocycles. The number of fused-ring (bicyclic) bond motifs is 1. The van der Waals surface area contributed by atoms with E-state index in [0.717, 1.165) is 44.6 Å². The van der Waals surface area contributed by atoms with Crippen molar-refractivity contribution >= 4 is 50.7 Å².